The van der Waals surface area contributed by atoms with E-state index in [4.69, 9.17) is 11.6 Å². The van der Waals surface area contributed by atoms with Crippen LogP contribution in [-0.4, -0.2) is 19.6 Å². The van der Waals surface area contributed by atoms with Crippen LogP contribution in [0, 0.1) is 6.92 Å². The lowest BCUT2D eigenvalue weighted by molar-refractivity contribution is 0.697. The highest BCUT2D eigenvalue weighted by Gasteiger charge is 2.21. The van der Waals surface area contributed by atoms with E-state index in [1.807, 2.05) is 12.1 Å². The largest absolute Gasteiger partial charge is 0.381 e. The molecule has 0 fully saturated rings. The first kappa shape index (κ1) is 9.66. The fraction of sp³-hybridized carbons (Fsp3) is 0.455. The third-order valence-corrected chi connectivity index (χ3v) is 3.38. The maximum absolute atomic E-state index is 6.10. The van der Waals surface area contributed by atoms with Crippen molar-refractivity contribution in [1.82, 2.24) is 0 Å². The smallest absolute Gasteiger partial charge is 0.0647 e. The molecule has 1 heterocycles. The van der Waals surface area contributed by atoms with Crippen LogP contribution in [0.25, 0.3) is 0 Å². The van der Waals surface area contributed by atoms with E-state index < -0.39 is 0 Å². The van der Waals surface area contributed by atoms with Gasteiger partial charge in [0.2, 0.25) is 0 Å². The molecule has 1 aromatic carbocycles. The molecule has 1 aliphatic rings. The second-order valence-electron chi connectivity index (χ2n) is 3.91. The summed E-state index contributed by atoms with van der Waals surface area (Å²) in [6.07, 6.45) is 0. The van der Waals surface area contributed by atoms with Crippen molar-refractivity contribution < 1.29 is 0 Å². The number of fused-ring (bicyclic) bond motifs is 1. The van der Waals surface area contributed by atoms with E-state index in [1.165, 1.54) is 11.4 Å². The minimum Gasteiger partial charge on any atom is -0.381 e. The van der Waals surface area contributed by atoms with Crippen molar-refractivity contribution in [2.24, 2.45) is 0 Å². The van der Waals surface area contributed by atoms with Gasteiger partial charge < -0.3 is 10.2 Å². The Kier molecular flexibility index (Phi) is 2.31. The zero-order valence-electron chi connectivity index (χ0n) is 8.76. The Bertz CT molecular complexity index is 363. The molecule has 1 aromatic rings. The van der Waals surface area contributed by atoms with Gasteiger partial charge in [0, 0.05) is 24.7 Å². The molecule has 0 amide bonds. The summed E-state index contributed by atoms with van der Waals surface area (Å²) in [5, 5.41) is 4.25. The van der Waals surface area contributed by atoms with Crippen molar-refractivity contribution in [2.45, 2.75) is 19.9 Å². The summed E-state index contributed by atoms with van der Waals surface area (Å²) in [6.45, 7) is 5.26. The first-order chi connectivity index (χ1) is 6.61. The SMILES string of the molecule is Cc1c(Cl)ccc2c1N(C)C(C)CN2. The van der Waals surface area contributed by atoms with E-state index in [-0.39, 0.29) is 0 Å². The summed E-state index contributed by atoms with van der Waals surface area (Å²) in [5.74, 6) is 0. The van der Waals surface area contributed by atoms with Crippen molar-refractivity contribution in [3.63, 3.8) is 0 Å². The van der Waals surface area contributed by atoms with E-state index >= 15 is 0 Å². The molecule has 0 spiro atoms. The normalized spacial score (nSPS) is 20.3. The average molecular weight is 211 g/mol. The van der Waals surface area contributed by atoms with Gasteiger partial charge in [-0.25, -0.2) is 0 Å². The molecule has 0 aliphatic carbocycles. The van der Waals surface area contributed by atoms with Gasteiger partial charge >= 0.3 is 0 Å². The van der Waals surface area contributed by atoms with Gasteiger partial charge in [-0.1, -0.05) is 11.6 Å². The summed E-state index contributed by atoms with van der Waals surface area (Å²) in [7, 11) is 2.12. The summed E-state index contributed by atoms with van der Waals surface area (Å²) < 4.78 is 0. The van der Waals surface area contributed by atoms with Crippen LogP contribution in [0.15, 0.2) is 12.1 Å². The van der Waals surface area contributed by atoms with Gasteiger partial charge in [0.05, 0.1) is 11.4 Å². The zero-order chi connectivity index (χ0) is 10.3. The molecule has 0 saturated carbocycles. The lowest BCUT2D eigenvalue weighted by atomic mass is 10.1. The van der Waals surface area contributed by atoms with Crippen LogP contribution in [0.2, 0.25) is 5.02 Å². The van der Waals surface area contributed by atoms with Crippen molar-refractivity contribution in [2.75, 3.05) is 23.8 Å². The Morgan fingerprint density at radius 3 is 2.93 bits per heavy atom. The van der Waals surface area contributed by atoms with Gasteiger partial charge in [-0.15, -0.1) is 0 Å². The molecule has 0 saturated heterocycles. The first-order valence-electron chi connectivity index (χ1n) is 4.87. The minimum atomic E-state index is 0.514. The Morgan fingerprint density at radius 2 is 2.21 bits per heavy atom. The number of anilines is 2. The Balaban J connectivity index is 2.56. The van der Waals surface area contributed by atoms with Gasteiger partial charge in [-0.3, -0.25) is 0 Å². The molecule has 0 aromatic heterocycles. The molecule has 0 bridgehead atoms. The summed E-state index contributed by atoms with van der Waals surface area (Å²) in [6, 6.07) is 4.51. The average Bonchev–Trinajstić information content (AvgIpc) is 2.17. The summed E-state index contributed by atoms with van der Waals surface area (Å²) in [5.41, 5.74) is 3.58. The van der Waals surface area contributed by atoms with Crippen LogP contribution < -0.4 is 10.2 Å². The molecule has 14 heavy (non-hydrogen) atoms. The number of benzene rings is 1. The number of rotatable bonds is 0. The molecular weight excluding hydrogens is 196 g/mol. The first-order valence-corrected chi connectivity index (χ1v) is 5.25. The maximum Gasteiger partial charge on any atom is 0.0647 e. The number of nitrogens with one attached hydrogen (secondary N) is 1. The number of nitrogens with zero attached hydrogens (tertiary/aromatic N) is 1. The lowest BCUT2D eigenvalue weighted by Gasteiger charge is -2.36. The van der Waals surface area contributed by atoms with Crippen LogP contribution in [0.1, 0.15) is 12.5 Å². The minimum absolute atomic E-state index is 0.514. The lowest BCUT2D eigenvalue weighted by Crippen LogP contribution is -2.39. The van der Waals surface area contributed by atoms with Crippen LogP contribution in [-0.2, 0) is 0 Å². The molecule has 1 unspecified atom stereocenters. The van der Waals surface area contributed by atoms with Gasteiger partial charge in [-0.05, 0) is 31.5 Å². The standard InChI is InChI=1S/C11H15ClN2/c1-7-6-13-10-5-4-9(12)8(2)11(10)14(7)3/h4-5,7,13H,6H2,1-3H3. The third-order valence-electron chi connectivity index (χ3n) is 2.97. The molecule has 1 aliphatic heterocycles. The second-order valence-corrected chi connectivity index (χ2v) is 4.32. The van der Waals surface area contributed by atoms with E-state index in [9.17, 15) is 0 Å². The molecule has 76 valence electrons. The van der Waals surface area contributed by atoms with E-state index in [0.29, 0.717) is 6.04 Å². The Morgan fingerprint density at radius 1 is 1.50 bits per heavy atom. The van der Waals surface area contributed by atoms with Crippen LogP contribution in [0.4, 0.5) is 11.4 Å². The van der Waals surface area contributed by atoms with Gasteiger partial charge in [-0.2, -0.15) is 0 Å². The van der Waals surface area contributed by atoms with Crippen molar-refractivity contribution in [1.29, 1.82) is 0 Å². The molecule has 0 radical (unpaired) electrons. The van der Waals surface area contributed by atoms with Crippen molar-refractivity contribution >= 4 is 23.0 Å². The van der Waals surface area contributed by atoms with Crippen LogP contribution in [0.5, 0.6) is 0 Å². The van der Waals surface area contributed by atoms with Crippen molar-refractivity contribution in [3.8, 4) is 0 Å². The maximum atomic E-state index is 6.10. The number of hydrogen-bond donors (Lipinski definition) is 1. The summed E-state index contributed by atoms with van der Waals surface area (Å²) in [4.78, 5) is 2.28. The quantitative estimate of drug-likeness (QED) is 0.709. The molecule has 3 heteroatoms. The fourth-order valence-electron chi connectivity index (χ4n) is 1.89. The topological polar surface area (TPSA) is 15.3 Å². The van der Waals surface area contributed by atoms with Crippen molar-refractivity contribution in [3.05, 3.63) is 22.7 Å². The van der Waals surface area contributed by atoms with E-state index in [1.54, 1.807) is 0 Å². The third kappa shape index (κ3) is 1.34. The molecule has 2 rings (SSSR count). The van der Waals surface area contributed by atoms with Crippen LogP contribution in [0.3, 0.4) is 0 Å². The molecular formula is C11H15ClN2. The van der Waals surface area contributed by atoms with Gasteiger partial charge in [0.15, 0.2) is 0 Å². The monoisotopic (exact) mass is 210 g/mol. The fourth-order valence-corrected chi connectivity index (χ4v) is 2.04. The molecule has 1 atom stereocenters. The van der Waals surface area contributed by atoms with Gasteiger partial charge in [0.1, 0.15) is 0 Å². The molecule has 2 nitrogen and oxygen atoms in total. The predicted molar refractivity (Wildman–Crippen MR) is 62.5 cm³/mol. The predicted octanol–water partition coefficient (Wildman–Crippen LogP) is 2.90. The highest BCUT2D eigenvalue weighted by molar-refractivity contribution is 6.32. The number of halogens is 1. The molecule has 1 N–H and O–H groups in total. The Hall–Kier alpha value is -0.890. The zero-order valence-corrected chi connectivity index (χ0v) is 9.52. The summed E-state index contributed by atoms with van der Waals surface area (Å²) >= 11 is 6.10. The highest BCUT2D eigenvalue weighted by atomic mass is 35.5. The highest BCUT2D eigenvalue weighted by Crippen LogP contribution is 2.36. The van der Waals surface area contributed by atoms with E-state index in [0.717, 1.165) is 17.1 Å². The van der Waals surface area contributed by atoms with Crippen LogP contribution >= 0.6 is 11.6 Å². The van der Waals surface area contributed by atoms with E-state index in [2.05, 4.69) is 31.1 Å². The Labute approximate surface area is 89.9 Å². The number of hydrogen-bond acceptors (Lipinski definition) is 2. The van der Waals surface area contributed by atoms with Gasteiger partial charge in [0.25, 0.3) is 0 Å². The number of likely N-dealkylation sites (N-methyl/N-ethyl adjacent to an activating group) is 1. The second kappa shape index (κ2) is 3.35.